The number of aromatic amines is 1. The van der Waals surface area contributed by atoms with E-state index >= 15 is 0 Å². The highest BCUT2D eigenvalue weighted by molar-refractivity contribution is 5.79. The smallest absolute Gasteiger partial charge is 0.213 e. The Morgan fingerprint density at radius 2 is 2.00 bits per heavy atom. The molecular formula is C16H12FN5. The van der Waals surface area contributed by atoms with Crippen molar-refractivity contribution in [1.29, 1.82) is 0 Å². The zero-order chi connectivity index (χ0) is 14.9. The van der Waals surface area contributed by atoms with Crippen LogP contribution in [0.25, 0.3) is 22.4 Å². The van der Waals surface area contributed by atoms with Crippen molar-refractivity contribution in [3.8, 4) is 11.4 Å². The molecule has 0 fully saturated rings. The molecule has 0 saturated heterocycles. The van der Waals surface area contributed by atoms with Gasteiger partial charge in [0.15, 0.2) is 0 Å². The van der Waals surface area contributed by atoms with Crippen molar-refractivity contribution < 1.29 is 4.39 Å². The Balaban J connectivity index is 1.70. The summed E-state index contributed by atoms with van der Waals surface area (Å²) in [5.74, 6) is 0.385. The largest absolute Gasteiger partial charge is 0.338 e. The normalized spacial score (nSPS) is 11.1. The lowest BCUT2D eigenvalue weighted by Gasteiger charge is -2.04. The third kappa shape index (κ3) is 2.24. The van der Waals surface area contributed by atoms with E-state index in [1.165, 1.54) is 17.1 Å². The number of para-hydroxylation sites is 2. The van der Waals surface area contributed by atoms with Gasteiger partial charge in [-0.1, -0.05) is 12.1 Å². The van der Waals surface area contributed by atoms with Crippen LogP contribution in [-0.4, -0.2) is 24.5 Å². The van der Waals surface area contributed by atoms with Crippen molar-refractivity contribution in [1.82, 2.24) is 24.5 Å². The van der Waals surface area contributed by atoms with E-state index in [1.54, 1.807) is 12.4 Å². The Hall–Kier alpha value is -3.02. The van der Waals surface area contributed by atoms with Crippen molar-refractivity contribution in [3.05, 3.63) is 66.8 Å². The van der Waals surface area contributed by atoms with E-state index in [9.17, 15) is 4.39 Å². The number of aromatic nitrogens is 5. The van der Waals surface area contributed by atoms with Gasteiger partial charge in [0, 0.05) is 18.0 Å². The van der Waals surface area contributed by atoms with Crippen molar-refractivity contribution in [2.75, 3.05) is 0 Å². The molecule has 4 rings (SSSR count). The lowest BCUT2D eigenvalue weighted by Crippen LogP contribution is -2.01. The second kappa shape index (κ2) is 5.07. The quantitative estimate of drug-likeness (QED) is 0.631. The fraction of sp³-hybridized carbons (Fsp3) is 0.0625. The summed E-state index contributed by atoms with van der Waals surface area (Å²) in [6.45, 7) is 0.382. The van der Waals surface area contributed by atoms with Gasteiger partial charge in [0.2, 0.25) is 5.95 Å². The Labute approximate surface area is 125 Å². The Bertz CT molecular complexity index is 907. The number of pyridine rings is 1. The fourth-order valence-corrected chi connectivity index (χ4v) is 2.41. The maximum absolute atomic E-state index is 13.5. The number of hydrogen-bond donors (Lipinski definition) is 1. The van der Waals surface area contributed by atoms with E-state index in [2.05, 4.69) is 19.9 Å². The number of nitrogens with one attached hydrogen (secondary N) is 1. The summed E-state index contributed by atoms with van der Waals surface area (Å²) in [4.78, 5) is 15.8. The van der Waals surface area contributed by atoms with Crippen LogP contribution in [0.15, 0.2) is 55.2 Å². The van der Waals surface area contributed by atoms with Gasteiger partial charge < -0.3 is 9.55 Å². The molecule has 0 aliphatic rings. The lowest BCUT2D eigenvalue weighted by atomic mass is 10.2. The maximum atomic E-state index is 13.5. The van der Waals surface area contributed by atoms with Gasteiger partial charge in [-0.2, -0.15) is 4.39 Å². The molecule has 3 heterocycles. The number of imidazole rings is 2. The average Bonchev–Trinajstić information content (AvgIpc) is 3.14. The van der Waals surface area contributed by atoms with Gasteiger partial charge in [0.05, 0.1) is 30.1 Å². The summed E-state index contributed by atoms with van der Waals surface area (Å²) in [7, 11) is 0. The van der Waals surface area contributed by atoms with E-state index < -0.39 is 0 Å². The molecule has 6 heteroatoms. The predicted molar refractivity (Wildman–Crippen MR) is 80.6 cm³/mol. The maximum Gasteiger partial charge on any atom is 0.213 e. The third-order valence-corrected chi connectivity index (χ3v) is 3.47. The Morgan fingerprint density at radius 3 is 2.82 bits per heavy atom. The van der Waals surface area contributed by atoms with E-state index in [0.29, 0.717) is 6.54 Å². The number of fused-ring (bicyclic) bond motifs is 1. The summed E-state index contributed by atoms with van der Waals surface area (Å²) < 4.78 is 14.9. The van der Waals surface area contributed by atoms with Crippen LogP contribution in [-0.2, 0) is 6.54 Å². The van der Waals surface area contributed by atoms with Crippen LogP contribution in [0, 0.1) is 5.95 Å². The van der Waals surface area contributed by atoms with Gasteiger partial charge in [-0.05, 0) is 23.8 Å². The first-order valence-corrected chi connectivity index (χ1v) is 6.84. The van der Waals surface area contributed by atoms with Crippen LogP contribution >= 0.6 is 0 Å². The van der Waals surface area contributed by atoms with Crippen LogP contribution in [0.2, 0.25) is 0 Å². The molecule has 0 radical (unpaired) electrons. The average molecular weight is 293 g/mol. The summed E-state index contributed by atoms with van der Waals surface area (Å²) in [6, 6.07) is 9.78. The predicted octanol–water partition coefficient (Wildman–Crippen LogP) is 3.01. The van der Waals surface area contributed by atoms with E-state index in [4.69, 9.17) is 0 Å². The monoisotopic (exact) mass is 293 g/mol. The molecule has 1 N–H and O–H groups in total. The van der Waals surface area contributed by atoms with E-state index in [-0.39, 0.29) is 5.95 Å². The first kappa shape index (κ1) is 12.7. The summed E-state index contributed by atoms with van der Waals surface area (Å²) >= 11 is 0. The molecule has 0 spiro atoms. The zero-order valence-corrected chi connectivity index (χ0v) is 11.6. The highest BCUT2D eigenvalue weighted by Gasteiger charge is 2.07. The summed E-state index contributed by atoms with van der Waals surface area (Å²) in [5, 5.41) is 0. The van der Waals surface area contributed by atoms with Gasteiger partial charge in [0.1, 0.15) is 5.82 Å². The van der Waals surface area contributed by atoms with Crippen molar-refractivity contribution in [2.24, 2.45) is 0 Å². The number of H-pyrrole nitrogens is 1. The molecule has 108 valence electrons. The minimum Gasteiger partial charge on any atom is -0.338 e. The summed E-state index contributed by atoms with van der Waals surface area (Å²) in [5.41, 5.74) is 3.64. The minimum absolute atomic E-state index is 0.367. The van der Waals surface area contributed by atoms with Crippen LogP contribution in [0.4, 0.5) is 4.39 Å². The zero-order valence-electron chi connectivity index (χ0n) is 11.6. The van der Waals surface area contributed by atoms with Crippen LogP contribution < -0.4 is 0 Å². The number of rotatable bonds is 3. The second-order valence-electron chi connectivity index (χ2n) is 5.03. The summed E-state index contributed by atoms with van der Waals surface area (Å²) in [6.07, 6.45) is 6.11. The standard InChI is InChI=1S/C16H12FN5/c17-15-8-19-10-22(15)9-11-5-12(7-18-6-11)16-20-13-3-1-2-4-14(13)21-16/h1-8,10H,9H2,(H,20,21). The SMILES string of the molecule is Fc1cncn1Cc1cncc(-c2nc3ccccc3[nH]2)c1. The van der Waals surface area contributed by atoms with Gasteiger partial charge in [-0.3, -0.25) is 4.98 Å². The lowest BCUT2D eigenvalue weighted by molar-refractivity contribution is 0.516. The highest BCUT2D eigenvalue weighted by atomic mass is 19.1. The molecule has 1 aromatic carbocycles. The molecule has 3 aromatic heterocycles. The first-order valence-electron chi connectivity index (χ1n) is 6.84. The van der Waals surface area contributed by atoms with Gasteiger partial charge >= 0.3 is 0 Å². The van der Waals surface area contributed by atoms with Crippen molar-refractivity contribution in [3.63, 3.8) is 0 Å². The molecule has 0 unspecified atom stereocenters. The molecule has 5 nitrogen and oxygen atoms in total. The number of benzene rings is 1. The minimum atomic E-state index is -0.367. The Kier molecular flexibility index (Phi) is 2.93. The molecule has 0 aliphatic heterocycles. The number of hydrogen-bond acceptors (Lipinski definition) is 3. The number of halogens is 1. The Morgan fingerprint density at radius 1 is 1.09 bits per heavy atom. The fourth-order valence-electron chi connectivity index (χ4n) is 2.41. The van der Waals surface area contributed by atoms with Crippen LogP contribution in [0.5, 0.6) is 0 Å². The van der Waals surface area contributed by atoms with Gasteiger partial charge in [-0.15, -0.1) is 0 Å². The molecule has 0 atom stereocenters. The molecule has 0 bridgehead atoms. The first-order chi connectivity index (χ1) is 10.8. The van der Waals surface area contributed by atoms with Gasteiger partial charge in [-0.25, -0.2) is 9.97 Å². The molecule has 0 amide bonds. The van der Waals surface area contributed by atoms with Crippen LogP contribution in [0.3, 0.4) is 0 Å². The molecule has 4 aromatic rings. The van der Waals surface area contributed by atoms with E-state index in [1.807, 2.05) is 30.3 Å². The molecular weight excluding hydrogens is 281 g/mol. The van der Waals surface area contributed by atoms with Gasteiger partial charge in [0.25, 0.3) is 0 Å². The number of nitrogens with zero attached hydrogens (tertiary/aromatic N) is 4. The third-order valence-electron chi connectivity index (χ3n) is 3.47. The second-order valence-corrected chi connectivity index (χ2v) is 5.03. The topological polar surface area (TPSA) is 59.4 Å². The van der Waals surface area contributed by atoms with Crippen molar-refractivity contribution >= 4 is 11.0 Å². The highest BCUT2D eigenvalue weighted by Crippen LogP contribution is 2.20. The van der Waals surface area contributed by atoms with Crippen LogP contribution in [0.1, 0.15) is 5.56 Å². The molecule has 0 saturated carbocycles. The van der Waals surface area contributed by atoms with E-state index in [0.717, 1.165) is 28.0 Å². The molecule has 22 heavy (non-hydrogen) atoms. The molecule has 0 aliphatic carbocycles. The van der Waals surface area contributed by atoms with Crippen molar-refractivity contribution in [2.45, 2.75) is 6.54 Å².